The van der Waals surface area contributed by atoms with E-state index in [4.69, 9.17) is 16.2 Å². The maximum Gasteiger partial charge on any atom is 0.329 e. The summed E-state index contributed by atoms with van der Waals surface area (Å²) in [6.07, 6.45) is 1.92. The number of carbonyl (C=O) groups excluding carboxylic acids is 11. The topological polar surface area (TPSA) is 402 Å². The number of ether oxygens (including phenoxy) is 1. The van der Waals surface area contributed by atoms with Crippen LogP contribution < -0.4 is 70.0 Å². The zero-order valence-corrected chi connectivity index (χ0v) is 51.3. The maximum absolute atomic E-state index is 14.4. The molecule has 16 atom stereocenters. The Morgan fingerprint density at radius 2 is 1.08 bits per heavy atom. The van der Waals surface area contributed by atoms with Gasteiger partial charge >= 0.3 is 5.97 Å². The van der Waals surface area contributed by atoms with Crippen LogP contribution >= 0.6 is 0 Å². The number of likely N-dealkylation sites (N-methyl/N-ethyl adjacent to an activating group) is 1. The van der Waals surface area contributed by atoms with Gasteiger partial charge in [-0.2, -0.15) is 0 Å². The van der Waals surface area contributed by atoms with E-state index >= 15 is 0 Å². The first-order valence-corrected chi connectivity index (χ1v) is 29.7. The number of rotatable bonds is 33. The van der Waals surface area contributed by atoms with Gasteiger partial charge in [0.2, 0.25) is 59.1 Å². The lowest BCUT2D eigenvalue weighted by Crippen LogP contribution is -2.62. The van der Waals surface area contributed by atoms with Crippen LogP contribution in [-0.2, 0) is 63.9 Å². The Morgan fingerprint density at radius 1 is 0.583 bits per heavy atom. The van der Waals surface area contributed by atoms with Crippen LogP contribution in [-0.4, -0.2) is 169 Å². The highest BCUT2D eigenvalue weighted by molar-refractivity contribution is 5.99. The van der Waals surface area contributed by atoms with Crippen LogP contribution in [0, 0.1) is 23.7 Å². The minimum atomic E-state index is -1.62. The van der Waals surface area contributed by atoms with Crippen LogP contribution in [0.5, 0.6) is 0 Å². The van der Waals surface area contributed by atoms with Crippen molar-refractivity contribution in [1.29, 1.82) is 0 Å². The molecule has 1 heterocycles. The first kappa shape index (κ1) is 73.3. The van der Waals surface area contributed by atoms with Gasteiger partial charge in [-0.25, -0.2) is 4.79 Å². The van der Waals surface area contributed by atoms with Gasteiger partial charge < -0.3 is 79.8 Å². The van der Waals surface area contributed by atoms with Gasteiger partial charge in [-0.15, -0.1) is 0 Å². The highest BCUT2D eigenvalue weighted by Gasteiger charge is 2.40. The molecule has 1 unspecified atom stereocenters. The summed E-state index contributed by atoms with van der Waals surface area (Å²) in [7, 11) is 1.63. The number of unbranched alkanes of at least 4 members (excludes halogenated alkanes) is 1. The average Bonchev–Trinajstić information content (AvgIpc) is 3.70. The Bertz CT molecular complexity index is 2330. The van der Waals surface area contributed by atoms with E-state index in [1.54, 1.807) is 55.5 Å². The second kappa shape index (κ2) is 37.5. The van der Waals surface area contributed by atoms with Crippen molar-refractivity contribution in [3.63, 3.8) is 0 Å². The van der Waals surface area contributed by atoms with Crippen molar-refractivity contribution in [1.82, 2.24) is 58.5 Å². The summed E-state index contributed by atoms with van der Waals surface area (Å²) >= 11 is 0. The number of aliphatic hydroxyl groups excluding tert-OH is 1. The first-order valence-electron chi connectivity index (χ1n) is 29.7. The molecule has 0 spiro atoms. The number of nitrogens with two attached hydrogens (primary N) is 2. The zero-order chi connectivity index (χ0) is 63.4. The van der Waals surface area contributed by atoms with Gasteiger partial charge in [0.1, 0.15) is 66.5 Å². The second-order valence-corrected chi connectivity index (χ2v) is 22.2. The summed E-state index contributed by atoms with van der Waals surface area (Å²) in [5.74, 6) is -10.5. The molecule has 0 aromatic heterocycles. The quantitative estimate of drug-likeness (QED) is 0.0287. The van der Waals surface area contributed by atoms with Crippen molar-refractivity contribution in [2.24, 2.45) is 35.1 Å². The van der Waals surface area contributed by atoms with E-state index < -0.39 is 168 Å². The largest absolute Gasteiger partial charge is 0.458 e. The molecule has 474 valence electrons. The number of cyclic esters (lactones) is 1. The van der Waals surface area contributed by atoms with Crippen molar-refractivity contribution in [2.75, 3.05) is 26.7 Å². The van der Waals surface area contributed by atoms with Crippen LogP contribution in [0.3, 0.4) is 0 Å². The third kappa shape index (κ3) is 23.0. The van der Waals surface area contributed by atoms with Crippen LogP contribution in [0.2, 0.25) is 0 Å². The highest BCUT2D eigenvalue weighted by atomic mass is 16.5. The third-order valence-electron chi connectivity index (χ3n) is 15.7. The number of benzene rings is 1. The van der Waals surface area contributed by atoms with E-state index in [9.17, 15) is 57.8 Å². The zero-order valence-electron chi connectivity index (χ0n) is 51.3. The van der Waals surface area contributed by atoms with Gasteiger partial charge in [0.15, 0.2) is 0 Å². The molecule has 1 aliphatic heterocycles. The van der Waals surface area contributed by atoms with Gasteiger partial charge in [0.25, 0.3) is 0 Å². The summed E-state index contributed by atoms with van der Waals surface area (Å²) in [4.78, 5) is 153. The monoisotopic (exact) mass is 1190 g/mol. The molecule has 0 bridgehead atoms. The molecule has 1 fully saturated rings. The van der Waals surface area contributed by atoms with E-state index in [-0.39, 0.29) is 25.9 Å². The summed E-state index contributed by atoms with van der Waals surface area (Å²) in [5.41, 5.74) is 12.4. The molecular weight excluding hydrogens is 1090 g/mol. The average molecular weight is 1190 g/mol. The number of hydrogen-bond acceptors (Lipinski definition) is 16. The lowest BCUT2D eigenvalue weighted by atomic mass is 9.94. The summed E-state index contributed by atoms with van der Waals surface area (Å²) in [5, 5.41) is 39.8. The van der Waals surface area contributed by atoms with Crippen molar-refractivity contribution in [2.45, 2.75) is 213 Å². The molecule has 0 aliphatic carbocycles. The molecule has 1 saturated heterocycles. The van der Waals surface area contributed by atoms with Crippen molar-refractivity contribution in [3.05, 3.63) is 35.9 Å². The highest BCUT2D eigenvalue weighted by Crippen LogP contribution is 2.17. The predicted molar refractivity (Wildman–Crippen MR) is 315 cm³/mol. The van der Waals surface area contributed by atoms with Crippen LogP contribution in [0.25, 0.3) is 0 Å². The number of nitrogens with one attached hydrogen (secondary N) is 11. The van der Waals surface area contributed by atoms with Gasteiger partial charge in [0.05, 0.1) is 12.6 Å². The minimum Gasteiger partial charge on any atom is -0.458 e. The van der Waals surface area contributed by atoms with Gasteiger partial charge in [-0.3, -0.25) is 47.9 Å². The van der Waals surface area contributed by atoms with Crippen LogP contribution in [0.1, 0.15) is 140 Å². The molecule has 10 amide bonds. The normalized spacial score (nSPS) is 21.6. The molecule has 16 N–H and O–H groups in total. The van der Waals surface area contributed by atoms with Gasteiger partial charge in [-0.1, -0.05) is 111 Å². The molecule has 26 nitrogen and oxygen atoms in total. The predicted octanol–water partition coefficient (Wildman–Crippen LogP) is -1.31. The van der Waals surface area contributed by atoms with Crippen molar-refractivity contribution >= 4 is 65.0 Å². The Kier molecular flexibility index (Phi) is 32.8. The molecule has 2 rings (SSSR count). The Hall–Kier alpha value is -6.77. The fraction of sp³-hybridized carbons (Fsp3) is 0.707. The molecule has 0 radical (unpaired) electrons. The first-order chi connectivity index (χ1) is 39.8. The molecular formula is C58H99N13O13. The number of hydrogen-bond donors (Lipinski definition) is 14. The Balaban J connectivity index is 2.36. The summed E-state index contributed by atoms with van der Waals surface area (Å²) in [6.45, 7) is 17.7. The van der Waals surface area contributed by atoms with Crippen LogP contribution in [0.15, 0.2) is 30.3 Å². The van der Waals surface area contributed by atoms with E-state index in [1.165, 1.54) is 20.8 Å². The number of esters is 1. The van der Waals surface area contributed by atoms with E-state index in [0.717, 1.165) is 5.56 Å². The minimum absolute atomic E-state index is 0.0386. The van der Waals surface area contributed by atoms with Gasteiger partial charge in [-0.05, 0) is 109 Å². The smallest absolute Gasteiger partial charge is 0.329 e. The van der Waals surface area contributed by atoms with E-state index in [2.05, 4.69) is 58.5 Å². The standard InChI is InChI=1S/C58H99N13O13/c1-13-31(5)43(54(79)62-36(10)49(74)71-47-37(11)84-58(83)46(34(8)16-4)70-51(76)40(26-22-28-60)64-48(73)35(9)63-57(47)82)69-56(81)45(33(7)15-3)67-50(75)39(25-20-21-27-59)65-53(78)42(30-72)66-55(80)44(32(6)14-2)68-52(77)41(61-12)29-38-23-18-17-19-24-38/h17-19,23-24,31-37,39-47,61,72H,13-16,20-22,25-30,59-60H2,1-12H3,(H,62,79)(H,63,82)(H,64,73)(H,65,78)(H,66,80)(H,67,75)(H,68,77)(H,69,81)(H,70,76)(H,71,74)/t31-,32-,33-,34-,35-,36-,37-,39+,40?,41+,42-,43-,44-,45+,46-,47+/m0/s1. The van der Waals surface area contributed by atoms with Crippen LogP contribution in [0.4, 0.5) is 0 Å². The Labute approximate surface area is 495 Å². The molecule has 26 heteroatoms. The van der Waals surface area contributed by atoms with Gasteiger partial charge in [0, 0.05) is 0 Å². The number of aliphatic hydroxyl groups is 1. The fourth-order valence-electron chi connectivity index (χ4n) is 9.07. The third-order valence-corrected chi connectivity index (χ3v) is 15.7. The van der Waals surface area contributed by atoms with Crippen molar-refractivity contribution in [3.8, 4) is 0 Å². The van der Waals surface area contributed by atoms with Crippen molar-refractivity contribution < 1.29 is 62.6 Å². The van der Waals surface area contributed by atoms with E-state index in [0.29, 0.717) is 51.4 Å². The fourth-order valence-corrected chi connectivity index (χ4v) is 9.07. The molecule has 84 heavy (non-hydrogen) atoms. The van der Waals surface area contributed by atoms with E-state index in [1.807, 2.05) is 37.3 Å². The number of amides is 10. The maximum atomic E-state index is 14.4. The molecule has 1 aromatic rings. The lowest BCUT2D eigenvalue weighted by Gasteiger charge is -2.31. The SMILES string of the molecule is CC[C@H](C)[C@H](NC(=O)[C@@H](Cc1ccccc1)NC)C(=O)N[C@@H](CO)C(=O)N[C@H](CCCCN)C(=O)N[C@@H](C(=O)N[C@H](C(=O)N[C@@H](C)C(=O)N[C@H]1C(=O)N[C@@H](C)C(=O)NC(CCCN)C(=O)N[C@@H]([C@@H](C)CC)C(=O)O[C@H]1C)[C@@H](C)CC)[C@@H](C)CC. The summed E-state index contributed by atoms with van der Waals surface area (Å²) < 4.78 is 5.73. The Morgan fingerprint density at radius 3 is 1.60 bits per heavy atom. The number of carbonyl (C=O) groups is 11. The summed E-state index contributed by atoms with van der Waals surface area (Å²) in [6, 6.07) is -4.48. The molecule has 1 aliphatic rings. The molecule has 1 aromatic carbocycles. The molecule has 0 saturated carbocycles. The lowest BCUT2D eigenvalue weighted by molar-refractivity contribution is -0.157. The second-order valence-electron chi connectivity index (χ2n) is 22.2.